The number of allylic oxidation sites excluding steroid dienone is 4. The van der Waals surface area contributed by atoms with Crippen LogP contribution in [0.15, 0.2) is 78.9 Å². The highest BCUT2D eigenvalue weighted by Crippen LogP contribution is 2.44. The Morgan fingerprint density at radius 1 is 0.870 bits per heavy atom. The maximum atomic E-state index is 2.44. The van der Waals surface area contributed by atoms with Crippen LogP contribution in [0.5, 0.6) is 0 Å². The third-order valence-electron chi connectivity index (χ3n) is 4.57. The molecule has 3 rings (SSSR count). The molecule has 0 amide bonds. The second-order valence-electron chi connectivity index (χ2n) is 7.82. The number of hydrogen-bond donors (Lipinski definition) is 0. The summed E-state index contributed by atoms with van der Waals surface area (Å²) < 4.78 is 0. The van der Waals surface area contributed by atoms with Gasteiger partial charge in [0.25, 0.3) is 0 Å². The molecule has 23 heavy (non-hydrogen) atoms. The number of benzene rings is 2. The van der Waals surface area contributed by atoms with Crippen molar-refractivity contribution in [1.82, 2.24) is 0 Å². The Bertz CT molecular complexity index is 699. The van der Waals surface area contributed by atoms with Gasteiger partial charge in [-0.2, -0.15) is 0 Å². The highest BCUT2D eigenvalue weighted by Gasteiger charge is 2.34. The molecule has 118 valence electrons. The van der Waals surface area contributed by atoms with E-state index in [2.05, 4.69) is 99.7 Å². The van der Waals surface area contributed by atoms with E-state index in [1.807, 2.05) is 0 Å². The molecule has 1 atom stereocenters. The molecule has 0 spiro atoms. The second kappa shape index (κ2) is 6.20. The molecule has 1 aliphatic carbocycles. The van der Waals surface area contributed by atoms with Crippen molar-refractivity contribution in [2.45, 2.75) is 39.0 Å². The summed E-state index contributed by atoms with van der Waals surface area (Å²) in [6.07, 6.45) is 9.38. The van der Waals surface area contributed by atoms with Gasteiger partial charge in [0, 0.05) is 5.41 Å². The highest BCUT2D eigenvalue weighted by molar-refractivity contribution is 5.75. The fraction of sp³-hybridized carbons (Fsp3) is 0.304. The van der Waals surface area contributed by atoms with Gasteiger partial charge in [0.05, 0.1) is 0 Å². The van der Waals surface area contributed by atoms with Crippen LogP contribution < -0.4 is 0 Å². The van der Waals surface area contributed by atoms with E-state index in [0.717, 1.165) is 12.8 Å². The molecule has 0 saturated carbocycles. The molecule has 0 bridgehead atoms. The van der Waals surface area contributed by atoms with E-state index in [0.29, 0.717) is 0 Å². The molecule has 0 fully saturated rings. The first-order valence-electron chi connectivity index (χ1n) is 8.49. The molecule has 0 heterocycles. The Balaban J connectivity index is 1.95. The molecule has 0 N–H and O–H groups in total. The summed E-state index contributed by atoms with van der Waals surface area (Å²) in [4.78, 5) is 0. The minimum absolute atomic E-state index is 0.109. The third kappa shape index (κ3) is 3.64. The summed E-state index contributed by atoms with van der Waals surface area (Å²) in [5.41, 5.74) is 4.47. The Kier molecular flexibility index (Phi) is 4.26. The largest absolute Gasteiger partial charge is 0.0755 e. The first-order chi connectivity index (χ1) is 11.0. The summed E-state index contributed by atoms with van der Waals surface area (Å²) in [6.45, 7) is 7.01. The van der Waals surface area contributed by atoms with Crippen molar-refractivity contribution in [3.63, 3.8) is 0 Å². The first-order valence-corrected chi connectivity index (χ1v) is 8.49. The van der Waals surface area contributed by atoms with Gasteiger partial charge in [-0.1, -0.05) is 99.7 Å². The van der Waals surface area contributed by atoms with Gasteiger partial charge in [0.1, 0.15) is 0 Å². The monoisotopic (exact) mass is 302 g/mol. The van der Waals surface area contributed by atoms with Crippen LogP contribution in [0.4, 0.5) is 0 Å². The second-order valence-corrected chi connectivity index (χ2v) is 7.82. The molecule has 0 aliphatic heterocycles. The van der Waals surface area contributed by atoms with Gasteiger partial charge < -0.3 is 0 Å². The quantitative estimate of drug-likeness (QED) is 0.615. The summed E-state index contributed by atoms with van der Waals surface area (Å²) in [7, 11) is 0. The van der Waals surface area contributed by atoms with Crippen molar-refractivity contribution < 1.29 is 0 Å². The zero-order valence-electron chi connectivity index (χ0n) is 14.4. The van der Waals surface area contributed by atoms with E-state index in [4.69, 9.17) is 0 Å². The van der Waals surface area contributed by atoms with Gasteiger partial charge in [-0.05, 0) is 35.0 Å². The summed E-state index contributed by atoms with van der Waals surface area (Å²) in [6, 6.07) is 21.6. The molecule has 1 aliphatic rings. The molecule has 0 radical (unpaired) electrons. The van der Waals surface area contributed by atoms with Gasteiger partial charge in [-0.15, -0.1) is 0 Å². The standard InChI is InChI=1S/C23H26/c1-22(2,3)18-23(21-12-8-5-9-13-21)16-14-20(15-17-23)19-10-6-4-7-11-19/h4-16H,17-18H2,1-3H3. The van der Waals surface area contributed by atoms with E-state index in [1.165, 1.54) is 16.7 Å². The Hall–Kier alpha value is -2.08. The van der Waals surface area contributed by atoms with Crippen molar-refractivity contribution in [2.24, 2.45) is 5.41 Å². The zero-order valence-corrected chi connectivity index (χ0v) is 14.4. The normalized spacial score (nSPS) is 21.1. The van der Waals surface area contributed by atoms with Crippen LogP contribution in [0, 0.1) is 5.41 Å². The van der Waals surface area contributed by atoms with E-state index >= 15 is 0 Å². The molecule has 0 heteroatoms. The fourth-order valence-electron chi connectivity index (χ4n) is 3.69. The third-order valence-corrected chi connectivity index (χ3v) is 4.57. The van der Waals surface area contributed by atoms with Crippen molar-refractivity contribution >= 4 is 5.57 Å². The maximum Gasteiger partial charge on any atom is 0.0175 e. The molecule has 0 nitrogen and oxygen atoms in total. The lowest BCUT2D eigenvalue weighted by molar-refractivity contribution is 0.291. The molecule has 0 saturated heterocycles. The molecular formula is C23H26. The Morgan fingerprint density at radius 3 is 2.00 bits per heavy atom. The minimum atomic E-state index is 0.109. The van der Waals surface area contributed by atoms with Crippen molar-refractivity contribution in [3.8, 4) is 0 Å². The Morgan fingerprint density at radius 2 is 1.48 bits per heavy atom. The lowest BCUT2D eigenvalue weighted by atomic mass is 9.66. The average Bonchev–Trinajstić information content (AvgIpc) is 2.56. The van der Waals surface area contributed by atoms with Crippen LogP contribution >= 0.6 is 0 Å². The summed E-state index contributed by atoms with van der Waals surface area (Å²) in [5, 5.41) is 0. The number of rotatable bonds is 3. The van der Waals surface area contributed by atoms with Gasteiger partial charge in [0.2, 0.25) is 0 Å². The molecular weight excluding hydrogens is 276 g/mol. The van der Waals surface area contributed by atoms with Crippen molar-refractivity contribution in [2.75, 3.05) is 0 Å². The van der Waals surface area contributed by atoms with Gasteiger partial charge >= 0.3 is 0 Å². The van der Waals surface area contributed by atoms with Crippen LogP contribution in [-0.4, -0.2) is 0 Å². The van der Waals surface area contributed by atoms with E-state index in [-0.39, 0.29) is 10.8 Å². The highest BCUT2D eigenvalue weighted by atomic mass is 14.4. The first kappa shape index (κ1) is 15.8. The van der Waals surface area contributed by atoms with Gasteiger partial charge in [-0.3, -0.25) is 0 Å². The average molecular weight is 302 g/mol. The van der Waals surface area contributed by atoms with Crippen LogP contribution in [0.1, 0.15) is 44.7 Å². The summed E-state index contributed by atoms with van der Waals surface area (Å²) >= 11 is 0. The lowest BCUT2D eigenvalue weighted by Gasteiger charge is -2.38. The van der Waals surface area contributed by atoms with Crippen LogP contribution in [-0.2, 0) is 5.41 Å². The van der Waals surface area contributed by atoms with Crippen molar-refractivity contribution in [1.29, 1.82) is 0 Å². The van der Waals surface area contributed by atoms with Crippen LogP contribution in [0.2, 0.25) is 0 Å². The van der Waals surface area contributed by atoms with Crippen molar-refractivity contribution in [3.05, 3.63) is 90.0 Å². The molecule has 2 aromatic carbocycles. The maximum absolute atomic E-state index is 2.44. The minimum Gasteiger partial charge on any atom is -0.0755 e. The fourth-order valence-corrected chi connectivity index (χ4v) is 3.69. The smallest absolute Gasteiger partial charge is 0.0175 e. The van der Waals surface area contributed by atoms with E-state index in [9.17, 15) is 0 Å². The predicted octanol–water partition coefficient (Wildman–Crippen LogP) is 6.40. The summed E-state index contributed by atoms with van der Waals surface area (Å²) in [5.74, 6) is 0. The lowest BCUT2D eigenvalue weighted by Crippen LogP contribution is -2.30. The molecule has 2 aromatic rings. The van der Waals surface area contributed by atoms with E-state index in [1.54, 1.807) is 0 Å². The predicted molar refractivity (Wildman–Crippen MR) is 100 cm³/mol. The molecule has 1 unspecified atom stereocenters. The van der Waals surface area contributed by atoms with Gasteiger partial charge in [0.15, 0.2) is 0 Å². The van der Waals surface area contributed by atoms with Crippen LogP contribution in [0.3, 0.4) is 0 Å². The SMILES string of the molecule is CC(C)(C)CC1(c2ccccc2)C=CC(c2ccccc2)=CC1. The topological polar surface area (TPSA) is 0 Å². The van der Waals surface area contributed by atoms with E-state index < -0.39 is 0 Å². The van der Waals surface area contributed by atoms with Gasteiger partial charge in [-0.25, -0.2) is 0 Å². The van der Waals surface area contributed by atoms with Crippen LogP contribution in [0.25, 0.3) is 5.57 Å². The number of hydrogen-bond acceptors (Lipinski definition) is 0. The zero-order chi connectivity index (χ0) is 16.3. The Labute approximate surface area is 140 Å². The molecule has 0 aromatic heterocycles.